The second-order valence-electron chi connectivity index (χ2n) is 4.13. The molecule has 0 bridgehead atoms. The van der Waals surface area contributed by atoms with Gasteiger partial charge in [0.15, 0.2) is 0 Å². The first-order valence-electron chi connectivity index (χ1n) is 6.10. The van der Waals surface area contributed by atoms with E-state index < -0.39 is 5.82 Å². The number of nitrogens with one attached hydrogen (secondary N) is 1. The molecular formula is C15H16FN3. The Balaban J connectivity index is 2.56. The number of benzene rings is 2. The van der Waals surface area contributed by atoms with Crippen molar-refractivity contribution >= 4 is 17.2 Å². The maximum Gasteiger partial charge on any atom is 0.136 e. The fourth-order valence-corrected chi connectivity index (χ4v) is 2.10. The first kappa shape index (κ1) is 13.1. The third-order valence-electron chi connectivity index (χ3n) is 2.94. The van der Waals surface area contributed by atoms with Crippen LogP contribution in [0.4, 0.5) is 15.8 Å². The highest BCUT2D eigenvalue weighted by atomic mass is 19.1. The molecule has 3 nitrogen and oxygen atoms in total. The van der Waals surface area contributed by atoms with E-state index in [0.717, 1.165) is 5.69 Å². The fraction of sp³-hybridized carbons (Fsp3) is 0.133. The average Bonchev–Trinajstić information content (AvgIpc) is 2.40. The average molecular weight is 257 g/mol. The van der Waals surface area contributed by atoms with Gasteiger partial charge in [0.2, 0.25) is 0 Å². The van der Waals surface area contributed by atoms with Crippen molar-refractivity contribution in [2.45, 2.75) is 6.92 Å². The molecule has 0 aliphatic rings. The molecule has 0 fully saturated rings. The highest BCUT2D eigenvalue weighted by molar-refractivity contribution is 6.01. The molecule has 2 aromatic carbocycles. The summed E-state index contributed by atoms with van der Waals surface area (Å²) in [6.45, 7) is 2.63. The summed E-state index contributed by atoms with van der Waals surface area (Å²) >= 11 is 0. The molecule has 0 atom stereocenters. The molecule has 0 saturated carbocycles. The van der Waals surface area contributed by atoms with Gasteiger partial charge in [-0.15, -0.1) is 0 Å². The van der Waals surface area contributed by atoms with E-state index in [9.17, 15) is 4.39 Å². The number of hydrogen-bond donors (Lipinski definition) is 2. The second kappa shape index (κ2) is 5.52. The van der Waals surface area contributed by atoms with E-state index >= 15 is 0 Å². The van der Waals surface area contributed by atoms with Crippen molar-refractivity contribution in [2.75, 3.05) is 11.4 Å². The lowest BCUT2D eigenvalue weighted by atomic mass is 10.1. The topological polar surface area (TPSA) is 53.1 Å². The number of anilines is 2. The third-order valence-corrected chi connectivity index (χ3v) is 2.94. The maximum atomic E-state index is 13.9. The van der Waals surface area contributed by atoms with Gasteiger partial charge in [-0.25, -0.2) is 4.39 Å². The van der Waals surface area contributed by atoms with Crippen LogP contribution in [0.5, 0.6) is 0 Å². The molecule has 0 saturated heterocycles. The van der Waals surface area contributed by atoms with Gasteiger partial charge in [0.25, 0.3) is 0 Å². The number of para-hydroxylation sites is 1. The Morgan fingerprint density at radius 2 is 1.84 bits per heavy atom. The Bertz CT molecular complexity index is 581. The standard InChI is InChI=1S/C15H16FN3/c1-2-19(11-7-4-3-5-8-11)13-10-6-9-12(16)14(13)15(17)18/h3-10H,2H2,1H3,(H3,17,18). The summed E-state index contributed by atoms with van der Waals surface area (Å²) in [6, 6.07) is 14.4. The van der Waals surface area contributed by atoms with Crippen LogP contribution in [0.3, 0.4) is 0 Å². The monoisotopic (exact) mass is 257 g/mol. The number of nitrogen functional groups attached to an aromatic ring is 1. The Morgan fingerprint density at radius 3 is 2.42 bits per heavy atom. The van der Waals surface area contributed by atoms with Gasteiger partial charge in [-0.3, -0.25) is 5.41 Å². The van der Waals surface area contributed by atoms with Crippen LogP contribution in [0.1, 0.15) is 12.5 Å². The smallest absolute Gasteiger partial charge is 0.136 e. The predicted molar refractivity (Wildman–Crippen MR) is 76.5 cm³/mol. The zero-order valence-corrected chi connectivity index (χ0v) is 10.7. The van der Waals surface area contributed by atoms with Crippen molar-refractivity contribution in [3.63, 3.8) is 0 Å². The Morgan fingerprint density at radius 1 is 1.16 bits per heavy atom. The minimum atomic E-state index is -0.473. The molecule has 0 aliphatic heterocycles. The van der Waals surface area contributed by atoms with Crippen LogP contribution in [0.2, 0.25) is 0 Å². The molecule has 0 spiro atoms. The summed E-state index contributed by atoms with van der Waals surface area (Å²) in [5.74, 6) is -0.734. The molecule has 0 aliphatic carbocycles. The van der Waals surface area contributed by atoms with E-state index in [-0.39, 0.29) is 11.4 Å². The molecule has 0 amide bonds. The Labute approximate surface area is 112 Å². The molecule has 0 aromatic heterocycles. The van der Waals surface area contributed by atoms with Crippen LogP contribution in [-0.4, -0.2) is 12.4 Å². The zero-order chi connectivity index (χ0) is 13.8. The Kier molecular flexibility index (Phi) is 3.80. The largest absolute Gasteiger partial charge is 0.384 e. The predicted octanol–water partition coefficient (Wildman–Crippen LogP) is 3.27. The first-order chi connectivity index (χ1) is 9.15. The van der Waals surface area contributed by atoms with Crippen molar-refractivity contribution in [2.24, 2.45) is 5.73 Å². The number of amidine groups is 1. The highest BCUT2D eigenvalue weighted by Gasteiger charge is 2.16. The van der Waals surface area contributed by atoms with Gasteiger partial charge < -0.3 is 10.6 Å². The van der Waals surface area contributed by atoms with Gasteiger partial charge in [0.05, 0.1) is 11.3 Å². The lowest BCUT2D eigenvalue weighted by Crippen LogP contribution is -2.23. The molecule has 19 heavy (non-hydrogen) atoms. The molecular weight excluding hydrogens is 241 g/mol. The van der Waals surface area contributed by atoms with E-state index in [1.165, 1.54) is 6.07 Å². The molecule has 0 unspecified atom stereocenters. The molecule has 4 heteroatoms. The van der Waals surface area contributed by atoms with Gasteiger partial charge in [-0.05, 0) is 31.2 Å². The molecule has 2 aromatic rings. The van der Waals surface area contributed by atoms with Crippen LogP contribution >= 0.6 is 0 Å². The summed E-state index contributed by atoms with van der Waals surface area (Å²) < 4.78 is 13.9. The number of halogens is 1. The number of hydrogen-bond acceptors (Lipinski definition) is 2. The van der Waals surface area contributed by atoms with Gasteiger partial charge >= 0.3 is 0 Å². The molecule has 98 valence electrons. The molecule has 0 radical (unpaired) electrons. The van der Waals surface area contributed by atoms with Gasteiger partial charge in [0.1, 0.15) is 11.7 Å². The van der Waals surface area contributed by atoms with E-state index in [4.69, 9.17) is 11.1 Å². The zero-order valence-electron chi connectivity index (χ0n) is 10.7. The summed E-state index contributed by atoms with van der Waals surface area (Å²) in [5, 5.41) is 7.56. The number of nitrogens with zero attached hydrogens (tertiary/aromatic N) is 1. The van der Waals surface area contributed by atoms with Gasteiger partial charge in [-0.1, -0.05) is 24.3 Å². The molecule has 0 heterocycles. The number of nitrogens with two attached hydrogens (primary N) is 1. The van der Waals surface area contributed by atoms with E-state index in [1.54, 1.807) is 12.1 Å². The minimum absolute atomic E-state index is 0.146. The summed E-state index contributed by atoms with van der Waals surface area (Å²) in [7, 11) is 0. The van der Waals surface area contributed by atoms with E-state index in [2.05, 4.69) is 0 Å². The van der Waals surface area contributed by atoms with Gasteiger partial charge in [0, 0.05) is 12.2 Å². The highest BCUT2D eigenvalue weighted by Crippen LogP contribution is 2.29. The Hall–Kier alpha value is -2.36. The van der Waals surface area contributed by atoms with E-state index in [0.29, 0.717) is 12.2 Å². The normalized spacial score (nSPS) is 10.2. The summed E-state index contributed by atoms with van der Waals surface area (Å²) in [4.78, 5) is 1.93. The van der Waals surface area contributed by atoms with Crippen molar-refractivity contribution in [1.29, 1.82) is 5.41 Å². The van der Waals surface area contributed by atoms with Crippen molar-refractivity contribution in [3.8, 4) is 0 Å². The minimum Gasteiger partial charge on any atom is -0.384 e. The lowest BCUT2D eigenvalue weighted by Gasteiger charge is -2.25. The van der Waals surface area contributed by atoms with Crippen molar-refractivity contribution < 1.29 is 4.39 Å². The van der Waals surface area contributed by atoms with Crippen LogP contribution < -0.4 is 10.6 Å². The van der Waals surface area contributed by atoms with Crippen LogP contribution in [0.25, 0.3) is 0 Å². The van der Waals surface area contributed by atoms with Crippen LogP contribution in [0.15, 0.2) is 48.5 Å². The molecule has 3 N–H and O–H groups in total. The fourth-order valence-electron chi connectivity index (χ4n) is 2.10. The lowest BCUT2D eigenvalue weighted by molar-refractivity contribution is 0.624. The third kappa shape index (κ3) is 2.57. The van der Waals surface area contributed by atoms with E-state index in [1.807, 2.05) is 42.2 Å². The summed E-state index contributed by atoms with van der Waals surface area (Å²) in [5.41, 5.74) is 7.20. The van der Waals surface area contributed by atoms with Gasteiger partial charge in [-0.2, -0.15) is 0 Å². The second-order valence-corrected chi connectivity index (χ2v) is 4.13. The molecule has 2 rings (SSSR count). The first-order valence-corrected chi connectivity index (χ1v) is 6.10. The quantitative estimate of drug-likeness (QED) is 0.652. The van der Waals surface area contributed by atoms with Crippen LogP contribution in [0, 0.1) is 11.2 Å². The van der Waals surface area contributed by atoms with Crippen LogP contribution in [-0.2, 0) is 0 Å². The summed E-state index contributed by atoms with van der Waals surface area (Å²) in [6.07, 6.45) is 0. The number of rotatable bonds is 4. The van der Waals surface area contributed by atoms with Crippen molar-refractivity contribution in [3.05, 3.63) is 59.9 Å². The SMILES string of the molecule is CCN(c1ccccc1)c1cccc(F)c1C(=N)N. The maximum absolute atomic E-state index is 13.9. The van der Waals surface area contributed by atoms with Crippen molar-refractivity contribution in [1.82, 2.24) is 0 Å².